The van der Waals surface area contributed by atoms with E-state index in [1.54, 1.807) is 13.2 Å². The summed E-state index contributed by atoms with van der Waals surface area (Å²) in [5.41, 5.74) is 6.26. The van der Waals surface area contributed by atoms with Gasteiger partial charge in [-0.3, -0.25) is 4.39 Å². The Bertz CT molecular complexity index is 1030. The highest BCUT2D eigenvalue weighted by Crippen LogP contribution is 2.42. The van der Waals surface area contributed by atoms with Crippen LogP contribution in [-0.4, -0.2) is 51.4 Å². The van der Waals surface area contributed by atoms with E-state index in [4.69, 9.17) is 9.47 Å². The number of alkyl halides is 1. The van der Waals surface area contributed by atoms with Crippen LogP contribution in [0.25, 0.3) is 5.57 Å². The lowest BCUT2D eigenvalue weighted by Gasteiger charge is -2.39. The normalized spacial score (nSPS) is 16.7. The van der Waals surface area contributed by atoms with Gasteiger partial charge in [-0.15, -0.1) is 0 Å². The van der Waals surface area contributed by atoms with Gasteiger partial charge in [0.1, 0.15) is 11.3 Å². The van der Waals surface area contributed by atoms with E-state index in [1.807, 2.05) is 6.07 Å². The third-order valence-electron chi connectivity index (χ3n) is 6.64. The third kappa shape index (κ3) is 5.17. The largest absolute Gasteiger partial charge is 0.496 e. The predicted molar refractivity (Wildman–Crippen MR) is 133 cm³/mol. The SMILES string of the molecule is COC(=O)c1ccc2c(c1OC)CCCC(Br)=C2c1ccc(CC2CN(CCCF)C2)cc1. The maximum Gasteiger partial charge on any atom is 0.341 e. The molecule has 0 amide bonds. The Labute approximate surface area is 203 Å². The Balaban J connectivity index is 1.57. The highest BCUT2D eigenvalue weighted by molar-refractivity contribution is 9.11. The summed E-state index contributed by atoms with van der Waals surface area (Å²) in [6, 6.07) is 12.6. The molecule has 0 aromatic heterocycles. The first kappa shape index (κ1) is 24.0. The second kappa shape index (κ2) is 10.8. The van der Waals surface area contributed by atoms with E-state index >= 15 is 0 Å². The number of hydrogen-bond donors (Lipinski definition) is 0. The minimum absolute atomic E-state index is 0.229. The van der Waals surface area contributed by atoms with Crippen molar-refractivity contribution in [2.45, 2.75) is 32.1 Å². The average Bonchev–Trinajstić information content (AvgIpc) is 2.97. The lowest BCUT2D eigenvalue weighted by atomic mass is 9.89. The van der Waals surface area contributed by atoms with Gasteiger partial charge >= 0.3 is 5.97 Å². The summed E-state index contributed by atoms with van der Waals surface area (Å²) in [5.74, 6) is 0.881. The molecule has 1 saturated heterocycles. The molecule has 1 aliphatic heterocycles. The lowest BCUT2D eigenvalue weighted by molar-refractivity contribution is 0.0597. The van der Waals surface area contributed by atoms with Gasteiger partial charge in [-0.05, 0) is 66.4 Å². The van der Waals surface area contributed by atoms with Gasteiger partial charge in [-0.25, -0.2) is 4.79 Å². The summed E-state index contributed by atoms with van der Waals surface area (Å²) in [5, 5.41) is 0. The molecular formula is C27H31BrFNO3. The van der Waals surface area contributed by atoms with Gasteiger partial charge < -0.3 is 14.4 Å². The van der Waals surface area contributed by atoms with Gasteiger partial charge in [-0.1, -0.05) is 46.3 Å². The summed E-state index contributed by atoms with van der Waals surface area (Å²) in [7, 11) is 3.00. The standard InChI is InChI=1S/C27H31BrFNO3/c1-32-26-22-5-3-6-24(28)25(21(22)11-12-23(26)27(31)33-2)20-9-7-18(8-10-20)15-19-16-30(17-19)14-4-13-29/h7-12,19H,3-6,13-17H2,1-2H3. The van der Waals surface area contributed by atoms with E-state index in [2.05, 4.69) is 45.1 Å². The number of likely N-dealkylation sites (tertiary alicyclic amines) is 1. The first-order valence-corrected chi connectivity index (χ1v) is 12.4. The number of esters is 1. The van der Waals surface area contributed by atoms with E-state index < -0.39 is 0 Å². The van der Waals surface area contributed by atoms with Crippen LogP contribution in [-0.2, 0) is 17.6 Å². The van der Waals surface area contributed by atoms with E-state index in [9.17, 15) is 9.18 Å². The first-order valence-electron chi connectivity index (χ1n) is 11.6. The molecule has 0 atom stereocenters. The Hall–Kier alpha value is -2.18. The Morgan fingerprint density at radius 2 is 1.88 bits per heavy atom. The molecule has 6 heteroatoms. The van der Waals surface area contributed by atoms with Crippen molar-refractivity contribution in [2.75, 3.05) is 40.5 Å². The molecular weight excluding hydrogens is 485 g/mol. The number of benzene rings is 2. The van der Waals surface area contributed by atoms with Gasteiger partial charge in [0, 0.05) is 29.7 Å². The highest BCUT2D eigenvalue weighted by Gasteiger charge is 2.27. The van der Waals surface area contributed by atoms with Crippen LogP contribution in [0.2, 0.25) is 0 Å². The topological polar surface area (TPSA) is 38.8 Å². The van der Waals surface area contributed by atoms with Crippen LogP contribution in [0.1, 0.15) is 51.9 Å². The van der Waals surface area contributed by atoms with Crippen molar-refractivity contribution in [3.63, 3.8) is 0 Å². The molecule has 2 aromatic carbocycles. The zero-order valence-electron chi connectivity index (χ0n) is 19.3. The van der Waals surface area contributed by atoms with Crippen molar-refractivity contribution in [3.8, 4) is 5.75 Å². The van der Waals surface area contributed by atoms with E-state index in [-0.39, 0.29) is 12.6 Å². The fourth-order valence-electron chi connectivity index (χ4n) is 5.03. The summed E-state index contributed by atoms with van der Waals surface area (Å²) < 4.78 is 24.2. The molecule has 4 rings (SSSR count). The number of ether oxygens (including phenoxy) is 2. The second-order valence-electron chi connectivity index (χ2n) is 8.87. The van der Waals surface area contributed by atoms with Crippen molar-refractivity contribution in [1.82, 2.24) is 4.90 Å². The fraction of sp³-hybridized carbons (Fsp3) is 0.444. The summed E-state index contributed by atoms with van der Waals surface area (Å²) >= 11 is 3.84. The number of hydrogen-bond acceptors (Lipinski definition) is 4. The van der Waals surface area contributed by atoms with Crippen molar-refractivity contribution in [3.05, 3.63) is 68.7 Å². The van der Waals surface area contributed by atoms with Crippen LogP contribution in [0.4, 0.5) is 4.39 Å². The van der Waals surface area contributed by atoms with Gasteiger partial charge in [0.05, 0.1) is 20.9 Å². The number of allylic oxidation sites excluding steroid dienone is 1. The molecule has 2 aromatic rings. The van der Waals surface area contributed by atoms with Crippen molar-refractivity contribution in [2.24, 2.45) is 5.92 Å². The zero-order valence-corrected chi connectivity index (χ0v) is 20.9. The van der Waals surface area contributed by atoms with Crippen LogP contribution < -0.4 is 4.74 Å². The van der Waals surface area contributed by atoms with Crippen molar-refractivity contribution < 1.29 is 18.7 Å². The van der Waals surface area contributed by atoms with Crippen LogP contribution in [0.5, 0.6) is 5.75 Å². The number of methoxy groups -OCH3 is 2. The number of halogens is 2. The van der Waals surface area contributed by atoms with Crippen molar-refractivity contribution in [1.29, 1.82) is 0 Å². The van der Waals surface area contributed by atoms with E-state index in [0.29, 0.717) is 23.7 Å². The first-order chi connectivity index (χ1) is 16.0. The maximum absolute atomic E-state index is 12.3. The summed E-state index contributed by atoms with van der Waals surface area (Å²) in [4.78, 5) is 14.6. The van der Waals surface area contributed by atoms with Crippen molar-refractivity contribution >= 4 is 27.5 Å². The molecule has 0 bridgehead atoms. The molecule has 0 spiro atoms. The molecule has 0 saturated carbocycles. The Kier molecular flexibility index (Phi) is 7.86. The highest BCUT2D eigenvalue weighted by atomic mass is 79.9. The second-order valence-corrected chi connectivity index (χ2v) is 9.82. The summed E-state index contributed by atoms with van der Waals surface area (Å²) in [6.45, 7) is 2.77. The molecule has 33 heavy (non-hydrogen) atoms. The molecule has 2 aliphatic rings. The molecule has 1 heterocycles. The van der Waals surface area contributed by atoms with Gasteiger partial charge in [-0.2, -0.15) is 0 Å². The zero-order chi connectivity index (χ0) is 23.4. The third-order valence-corrected chi connectivity index (χ3v) is 7.43. The smallest absolute Gasteiger partial charge is 0.341 e. The number of fused-ring (bicyclic) bond motifs is 1. The number of carbonyl (C=O) groups is 1. The molecule has 0 radical (unpaired) electrons. The minimum Gasteiger partial charge on any atom is -0.496 e. The predicted octanol–water partition coefficient (Wildman–Crippen LogP) is 5.81. The monoisotopic (exact) mass is 515 g/mol. The molecule has 4 nitrogen and oxygen atoms in total. The Morgan fingerprint density at radius 3 is 2.55 bits per heavy atom. The van der Waals surface area contributed by atoms with Crippen LogP contribution in [0, 0.1) is 5.92 Å². The lowest BCUT2D eigenvalue weighted by Crippen LogP contribution is -2.47. The molecule has 0 N–H and O–H groups in total. The van der Waals surface area contributed by atoms with Crippen LogP contribution >= 0.6 is 15.9 Å². The molecule has 176 valence electrons. The van der Waals surface area contributed by atoms with Gasteiger partial charge in [0.25, 0.3) is 0 Å². The molecule has 0 unspecified atom stereocenters. The summed E-state index contributed by atoms with van der Waals surface area (Å²) in [6.07, 6.45) is 4.43. The van der Waals surface area contributed by atoms with Crippen LogP contribution in [0.15, 0.2) is 40.9 Å². The fourth-order valence-corrected chi connectivity index (χ4v) is 5.75. The van der Waals surface area contributed by atoms with E-state index in [1.165, 1.54) is 17.2 Å². The quantitative estimate of drug-likeness (QED) is 0.416. The minimum atomic E-state index is -0.382. The van der Waals surface area contributed by atoms with Crippen LogP contribution in [0.3, 0.4) is 0 Å². The van der Waals surface area contributed by atoms with Gasteiger partial charge in [0.2, 0.25) is 0 Å². The number of rotatable bonds is 8. The maximum atomic E-state index is 12.3. The Morgan fingerprint density at radius 1 is 1.12 bits per heavy atom. The average molecular weight is 516 g/mol. The molecule has 1 fully saturated rings. The number of nitrogens with zero attached hydrogens (tertiary/aromatic N) is 1. The van der Waals surface area contributed by atoms with E-state index in [0.717, 1.165) is 67.6 Å². The molecule has 1 aliphatic carbocycles. The number of carbonyl (C=O) groups excluding carboxylic acids is 1. The van der Waals surface area contributed by atoms with Gasteiger partial charge in [0.15, 0.2) is 0 Å².